The second kappa shape index (κ2) is 11.7. The highest BCUT2D eigenvalue weighted by atomic mass is 16.5. The number of benzene rings is 2. The van der Waals surface area contributed by atoms with Crippen molar-refractivity contribution >= 4 is 18.0 Å². The van der Waals surface area contributed by atoms with E-state index in [-0.39, 0.29) is 44.6 Å². The monoisotopic (exact) mass is 468 g/mol. The van der Waals surface area contributed by atoms with Gasteiger partial charge >= 0.3 is 12.1 Å². The molecule has 34 heavy (non-hydrogen) atoms. The zero-order valence-electron chi connectivity index (χ0n) is 19.6. The summed E-state index contributed by atoms with van der Waals surface area (Å²) in [6.45, 7) is 3.71. The third-order valence-corrected chi connectivity index (χ3v) is 6.33. The first-order valence-corrected chi connectivity index (χ1v) is 11.6. The van der Waals surface area contributed by atoms with Crippen molar-refractivity contribution in [1.82, 2.24) is 10.2 Å². The molecule has 0 aliphatic heterocycles. The first-order valence-electron chi connectivity index (χ1n) is 11.6. The van der Waals surface area contributed by atoms with Crippen LogP contribution in [-0.2, 0) is 14.3 Å². The number of ether oxygens (including phenoxy) is 1. The van der Waals surface area contributed by atoms with Gasteiger partial charge in [-0.3, -0.25) is 9.59 Å². The smallest absolute Gasteiger partial charge is 0.407 e. The Morgan fingerprint density at radius 3 is 2.18 bits per heavy atom. The van der Waals surface area contributed by atoms with Crippen molar-refractivity contribution in [3.8, 4) is 11.1 Å². The molecule has 2 unspecified atom stereocenters. The van der Waals surface area contributed by atoms with Gasteiger partial charge in [-0.05, 0) is 42.0 Å². The summed E-state index contributed by atoms with van der Waals surface area (Å²) in [4.78, 5) is 38.4. The number of rotatable bonds is 11. The number of carboxylic acids is 1. The Labute approximate surface area is 199 Å². The first kappa shape index (κ1) is 25.2. The molecule has 0 saturated carbocycles. The van der Waals surface area contributed by atoms with Gasteiger partial charge in [0.05, 0.1) is 6.61 Å². The molecule has 182 valence electrons. The summed E-state index contributed by atoms with van der Waals surface area (Å²) in [5, 5.41) is 21.0. The van der Waals surface area contributed by atoms with Gasteiger partial charge < -0.3 is 25.2 Å². The van der Waals surface area contributed by atoms with Crippen molar-refractivity contribution in [2.24, 2.45) is 0 Å². The molecular formula is C26H32N2O6. The fourth-order valence-electron chi connectivity index (χ4n) is 4.38. The van der Waals surface area contributed by atoms with E-state index in [1.807, 2.05) is 62.4 Å². The third kappa shape index (κ3) is 5.75. The lowest BCUT2D eigenvalue weighted by atomic mass is 9.98. The van der Waals surface area contributed by atoms with Crippen LogP contribution in [0.15, 0.2) is 48.5 Å². The molecule has 8 heteroatoms. The number of carboxylic acid groups (broad SMARTS) is 1. The molecule has 3 N–H and O–H groups in total. The Kier molecular flexibility index (Phi) is 8.65. The maximum Gasteiger partial charge on any atom is 0.407 e. The third-order valence-electron chi connectivity index (χ3n) is 6.33. The molecule has 2 aromatic carbocycles. The van der Waals surface area contributed by atoms with Crippen molar-refractivity contribution in [3.05, 3.63) is 59.7 Å². The van der Waals surface area contributed by atoms with Crippen LogP contribution in [0.1, 0.15) is 50.2 Å². The van der Waals surface area contributed by atoms with E-state index < -0.39 is 24.0 Å². The van der Waals surface area contributed by atoms with Gasteiger partial charge in [-0.15, -0.1) is 0 Å². The van der Waals surface area contributed by atoms with Crippen LogP contribution >= 0.6 is 0 Å². The molecule has 1 aliphatic rings. The van der Waals surface area contributed by atoms with Crippen LogP contribution in [0.3, 0.4) is 0 Å². The van der Waals surface area contributed by atoms with Gasteiger partial charge in [0.15, 0.2) is 0 Å². The lowest BCUT2D eigenvalue weighted by Gasteiger charge is -2.31. The van der Waals surface area contributed by atoms with E-state index in [9.17, 15) is 19.5 Å². The lowest BCUT2D eigenvalue weighted by molar-refractivity contribution is -0.138. The molecule has 0 aromatic heterocycles. The van der Waals surface area contributed by atoms with Crippen LogP contribution in [0.4, 0.5) is 4.79 Å². The van der Waals surface area contributed by atoms with Gasteiger partial charge in [-0.1, -0.05) is 55.5 Å². The number of aliphatic carboxylic acids is 1. The van der Waals surface area contributed by atoms with Gasteiger partial charge in [0.25, 0.3) is 0 Å². The molecule has 0 radical (unpaired) electrons. The topological polar surface area (TPSA) is 116 Å². The standard InChI is InChI=1S/C26H32N2O6/c1-3-17(2)28(14-15-29)25(32)23(12-13-24(30)31)27-26(33)34-16-22-20-10-6-4-8-18(20)19-9-5-7-11-21(19)22/h4-11,17,22-23,29H,3,12-16H2,1-2H3,(H,27,33)(H,30,31). The average molecular weight is 469 g/mol. The van der Waals surface area contributed by atoms with Gasteiger partial charge in [0, 0.05) is 24.9 Å². The SMILES string of the molecule is CCC(C)N(CCO)C(=O)C(CCC(=O)O)NC(=O)OCC1c2ccccc2-c2ccccc21. The Morgan fingerprint density at radius 1 is 1.06 bits per heavy atom. The predicted octanol–water partition coefficient (Wildman–Crippen LogP) is 3.38. The predicted molar refractivity (Wildman–Crippen MR) is 127 cm³/mol. The normalized spacial score (nSPS) is 14.0. The number of hydrogen-bond donors (Lipinski definition) is 3. The zero-order chi connectivity index (χ0) is 24.7. The number of fused-ring (bicyclic) bond motifs is 3. The fraction of sp³-hybridized carbons (Fsp3) is 0.423. The van der Waals surface area contributed by atoms with Crippen LogP contribution < -0.4 is 5.32 Å². The molecular weight excluding hydrogens is 436 g/mol. The van der Waals surface area contributed by atoms with E-state index >= 15 is 0 Å². The molecule has 2 amide bonds. The number of hydrogen-bond acceptors (Lipinski definition) is 5. The molecule has 8 nitrogen and oxygen atoms in total. The van der Waals surface area contributed by atoms with Crippen LogP contribution in [-0.4, -0.2) is 64.9 Å². The minimum atomic E-state index is -1.07. The van der Waals surface area contributed by atoms with Crippen molar-refractivity contribution in [3.63, 3.8) is 0 Å². The Hall–Kier alpha value is -3.39. The fourth-order valence-corrected chi connectivity index (χ4v) is 4.38. The Bertz CT molecular complexity index is 978. The molecule has 1 aliphatic carbocycles. The van der Waals surface area contributed by atoms with E-state index in [0.29, 0.717) is 6.42 Å². The lowest BCUT2D eigenvalue weighted by Crippen LogP contribution is -2.52. The second-order valence-electron chi connectivity index (χ2n) is 8.47. The number of amides is 2. The quantitative estimate of drug-likeness (QED) is 0.466. The van der Waals surface area contributed by atoms with E-state index in [1.54, 1.807) is 0 Å². The number of nitrogens with zero attached hydrogens (tertiary/aromatic N) is 1. The highest BCUT2D eigenvalue weighted by molar-refractivity contribution is 5.86. The zero-order valence-corrected chi connectivity index (χ0v) is 19.6. The number of aliphatic hydroxyl groups excluding tert-OH is 1. The summed E-state index contributed by atoms with van der Waals surface area (Å²) in [5.41, 5.74) is 4.35. The molecule has 2 aromatic rings. The summed E-state index contributed by atoms with van der Waals surface area (Å²) >= 11 is 0. The maximum atomic E-state index is 13.1. The summed E-state index contributed by atoms with van der Waals surface area (Å²) < 4.78 is 5.54. The molecule has 2 atom stereocenters. The summed E-state index contributed by atoms with van der Waals surface area (Å²) in [6.07, 6.45) is -0.481. The Balaban J connectivity index is 1.71. The summed E-state index contributed by atoms with van der Waals surface area (Å²) in [7, 11) is 0. The van der Waals surface area contributed by atoms with Crippen LogP contribution in [0.25, 0.3) is 11.1 Å². The van der Waals surface area contributed by atoms with Crippen LogP contribution in [0.2, 0.25) is 0 Å². The number of carbonyl (C=O) groups excluding carboxylic acids is 2. The van der Waals surface area contributed by atoms with Crippen molar-refractivity contribution in [2.75, 3.05) is 19.8 Å². The number of carbonyl (C=O) groups is 3. The second-order valence-corrected chi connectivity index (χ2v) is 8.47. The van der Waals surface area contributed by atoms with Crippen molar-refractivity contribution in [1.29, 1.82) is 0 Å². The molecule has 0 saturated heterocycles. The van der Waals surface area contributed by atoms with E-state index in [4.69, 9.17) is 9.84 Å². The maximum absolute atomic E-state index is 13.1. The summed E-state index contributed by atoms with van der Waals surface area (Å²) in [6, 6.07) is 14.7. The van der Waals surface area contributed by atoms with Gasteiger partial charge in [0.2, 0.25) is 5.91 Å². The minimum Gasteiger partial charge on any atom is -0.481 e. The van der Waals surface area contributed by atoms with Crippen LogP contribution in [0.5, 0.6) is 0 Å². The van der Waals surface area contributed by atoms with E-state index in [2.05, 4.69) is 5.32 Å². The van der Waals surface area contributed by atoms with E-state index in [1.165, 1.54) is 4.90 Å². The molecule has 0 bridgehead atoms. The number of aliphatic hydroxyl groups is 1. The highest BCUT2D eigenvalue weighted by Gasteiger charge is 2.31. The van der Waals surface area contributed by atoms with E-state index in [0.717, 1.165) is 22.3 Å². The molecule has 0 fully saturated rings. The van der Waals surface area contributed by atoms with Crippen molar-refractivity contribution < 1.29 is 29.3 Å². The number of alkyl carbamates (subject to hydrolysis) is 1. The largest absolute Gasteiger partial charge is 0.481 e. The molecule has 0 heterocycles. The van der Waals surface area contributed by atoms with Gasteiger partial charge in [-0.2, -0.15) is 0 Å². The average Bonchev–Trinajstić information content (AvgIpc) is 3.16. The van der Waals surface area contributed by atoms with Crippen molar-refractivity contribution in [2.45, 2.75) is 51.1 Å². The molecule has 0 spiro atoms. The summed E-state index contributed by atoms with van der Waals surface area (Å²) in [5.74, 6) is -1.63. The number of nitrogens with one attached hydrogen (secondary N) is 1. The first-order chi connectivity index (χ1) is 16.4. The molecule has 3 rings (SSSR count). The highest BCUT2D eigenvalue weighted by Crippen LogP contribution is 2.44. The minimum absolute atomic E-state index is 0.0727. The van der Waals surface area contributed by atoms with Crippen LogP contribution in [0, 0.1) is 0 Å². The van der Waals surface area contributed by atoms with Gasteiger partial charge in [-0.25, -0.2) is 4.79 Å². The Morgan fingerprint density at radius 2 is 1.65 bits per heavy atom. The van der Waals surface area contributed by atoms with Gasteiger partial charge in [0.1, 0.15) is 12.6 Å².